The SMILES string of the molecule is COC(=O)[C@](F)(C1CC(=O)N(C)C1=O)[C@H](O)c1ccc(-c2ccc(Br)cc2)cc1. The first kappa shape index (κ1) is 21.1. The summed E-state index contributed by atoms with van der Waals surface area (Å²) in [4.78, 5) is 37.2. The molecule has 0 radical (unpaired) electrons. The van der Waals surface area contributed by atoms with Crippen molar-refractivity contribution in [2.45, 2.75) is 18.2 Å². The Kier molecular flexibility index (Phi) is 5.86. The van der Waals surface area contributed by atoms with Crippen LogP contribution in [-0.4, -0.2) is 47.6 Å². The van der Waals surface area contributed by atoms with Crippen LogP contribution in [0, 0.1) is 5.92 Å². The van der Waals surface area contributed by atoms with Gasteiger partial charge in [0.25, 0.3) is 0 Å². The Morgan fingerprint density at radius 1 is 1.17 bits per heavy atom. The molecule has 29 heavy (non-hydrogen) atoms. The largest absolute Gasteiger partial charge is 0.467 e. The second-order valence-corrected chi connectivity index (χ2v) is 7.75. The highest BCUT2D eigenvalue weighted by atomic mass is 79.9. The van der Waals surface area contributed by atoms with Crippen LogP contribution in [0.25, 0.3) is 11.1 Å². The van der Waals surface area contributed by atoms with Gasteiger partial charge in [-0.3, -0.25) is 14.5 Å². The monoisotopic (exact) mass is 463 g/mol. The van der Waals surface area contributed by atoms with E-state index in [0.29, 0.717) is 0 Å². The van der Waals surface area contributed by atoms with Gasteiger partial charge >= 0.3 is 5.97 Å². The van der Waals surface area contributed by atoms with Crippen LogP contribution in [0.5, 0.6) is 0 Å². The van der Waals surface area contributed by atoms with Gasteiger partial charge in [-0.05, 0) is 28.8 Å². The number of rotatable bonds is 5. The molecule has 152 valence electrons. The van der Waals surface area contributed by atoms with Crippen molar-refractivity contribution in [1.82, 2.24) is 4.90 Å². The van der Waals surface area contributed by atoms with Crippen LogP contribution in [-0.2, 0) is 19.1 Å². The van der Waals surface area contributed by atoms with Gasteiger partial charge in [-0.2, -0.15) is 0 Å². The van der Waals surface area contributed by atoms with Gasteiger partial charge in [0.05, 0.1) is 13.0 Å². The van der Waals surface area contributed by atoms with E-state index in [1.807, 2.05) is 24.3 Å². The molecule has 2 aromatic rings. The summed E-state index contributed by atoms with van der Waals surface area (Å²) < 4.78 is 21.4. The Balaban J connectivity index is 1.95. The zero-order valence-corrected chi connectivity index (χ0v) is 17.3. The van der Waals surface area contributed by atoms with E-state index >= 15 is 4.39 Å². The molecule has 3 atom stereocenters. The molecule has 1 fully saturated rings. The molecule has 2 aromatic carbocycles. The Bertz CT molecular complexity index is 947. The summed E-state index contributed by atoms with van der Waals surface area (Å²) in [6, 6.07) is 13.8. The van der Waals surface area contributed by atoms with E-state index in [1.54, 1.807) is 12.1 Å². The van der Waals surface area contributed by atoms with Crippen LogP contribution in [0.15, 0.2) is 53.0 Å². The minimum Gasteiger partial charge on any atom is -0.467 e. The van der Waals surface area contributed by atoms with Crippen LogP contribution >= 0.6 is 15.9 Å². The molecule has 8 heteroatoms. The van der Waals surface area contributed by atoms with Crippen molar-refractivity contribution in [3.63, 3.8) is 0 Å². The number of nitrogens with zero attached hydrogens (tertiary/aromatic N) is 1. The number of amides is 2. The lowest BCUT2D eigenvalue weighted by molar-refractivity contribution is -0.174. The van der Waals surface area contributed by atoms with Crippen LogP contribution in [0.4, 0.5) is 4.39 Å². The minimum atomic E-state index is -3.09. The lowest BCUT2D eigenvalue weighted by Gasteiger charge is -2.31. The fourth-order valence-electron chi connectivity index (χ4n) is 3.43. The van der Waals surface area contributed by atoms with E-state index in [-0.39, 0.29) is 5.56 Å². The zero-order chi connectivity index (χ0) is 21.3. The minimum absolute atomic E-state index is 0.0913. The highest BCUT2D eigenvalue weighted by Gasteiger charge is 2.61. The topological polar surface area (TPSA) is 83.9 Å². The lowest BCUT2D eigenvalue weighted by atomic mass is 9.80. The normalized spacial score (nSPS) is 19.8. The van der Waals surface area contributed by atoms with Crippen molar-refractivity contribution in [1.29, 1.82) is 0 Å². The maximum Gasteiger partial charge on any atom is 0.347 e. The molecule has 1 heterocycles. The lowest BCUT2D eigenvalue weighted by Crippen LogP contribution is -2.50. The van der Waals surface area contributed by atoms with Crippen LogP contribution < -0.4 is 0 Å². The molecule has 1 aliphatic rings. The van der Waals surface area contributed by atoms with Gasteiger partial charge in [-0.25, -0.2) is 9.18 Å². The van der Waals surface area contributed by atoms with Crippen molar-refractivity contribution >= 4 is 33.7 Å². The van der Waals surface area contributed by atoms with Crippen LogP contribution in [0.2, 0.25) is 0 Å². The number of halogens is 2. The number of aliphatic hydroxyl groups is 1. The number of hydrogen-bond donors (Lipinski definition) is 1. The summed E-state index contributed by atoms with van der Waals surface area (Å²) in [5.74, 6) is -4.55. The van der Waals surface area contributed by atoms with E-state index in [9.17, 15) is 19.5 Å². The molecule has 6 nitrogen and oxygen atoms in total. The van der Waals surface area contributed by atoms with Crippen molar-refractivity contribution in [3.8, 4) is 11.1 Å². The number of aliphatic hydroxyl groups excluding tert-OH is 1. The van der Waals surface area contributed by atoms with Crippen molar-refractivity contribution in [2.75, 3.05) is 14.2 Å². The molecule has 0 bridgehead atoms. The number of carbonyl (C=O) groups is 3. The molecule has 0 saturated carbocycles. The van der Waals surface area contributed by atoms with Gasteiger partial charge in [0.15, 0.2) is 0 Å². The second-order valence-electron chi connectivity index (χ2n) is 6.84. The number of benzene rings is 2. The summed E-state index contributed by atoms with van der Waals surface area (Å²) in [6.45, 7) is 0. The molecular weight excluding hydrogens is 445 g/mol. The fourth-order valence-corrected chi connectivity index (χ4v) is 3.69. The third kappa shape index (κ3) is 3.70. The van der Waals surface area contributed by atoms with Gasteiger partial charge in [-0.15, -0.1) is 0 Å². The predicted octanol–water partition coefficient (Wildman–Crippen LogP) is 3.04. The first-order valence-corrected chi connectivity index (χ1v) is 9.61. The number of carbonyl (C=O) groups excluding carboxylic acids is 3. The number of esters is 1. The maximum absolute atomic E-state index is 15.9. The molecule has 1 saturated heterocycles. The van der Waals surface area contributed by atoms with Crippen LogP contribution in [0.1, 0.15) is 18.1 Å². The average Bonchev–Trinajstić information content (AvgIpc) is 3.00. The number of hydrogen-bond acceptors (Lipinski definition) is 5. The quantitative estimate of drug-likeness (QED) is 0.544. The van der Waals surface area contributed by atoms with Gasteiger partial charge < -0.3 is 9.84 Å². The Hall–Kier alpha value is -2.58. The third-order valence-corrected chi connectivity index (χ3v) is 5.72. The van der Waals surface area contributed by atoms with Gasteiger partial charge in [0, 0.05) is 17.9 Å². The van der Waals surface area contributed by atoms with E-state index < -0.39 is 41.9 Å². The smallest absolute Gasteiger partial charge is 0.347 e. The van der Waals surface area contributed by atoms with E-state index in [4.69, 9.17) is 0 Å². The standard InChI is InChI=1S/C21H19BrFNO5/c1-24-17(25)11-16(19(24)27)21(23,20(28)29-2)18(26)14-5-3-12(4-6-14)13-7-9-15(22)10-8-13/h3-10,16,18,26H,11H2,1-2H3/t16?,18-,21+/m1/s1. The highest BCUT2D eigenvalue weighted by Crippen LogP contribution is 2.42. The predicted molar refractivity (Wildman–Crippen MR) is 106 cm³/mol. The third-order valence-electron chi connectivity index (χ3n) is 5.19. The first-order chi connectivity index (χ1) is 13.7. The molecule has 0 aliphatic carbocycles. The van der Waals surface area contributed by atoms with Crippen LogP contribution in [0.3, 0.4) is 0 Å². The highest BCUT2D eigenvalue weighted by molar-refractivity contribution is 9.10. The van der Waals surface area contributed by atoms with Crippen molar-refractivity contribution < 1.29 is 28.6 Å². The number of imide groups is 1. The van der Waals surface area contributed by atoms with E-state index in [1.165, 1.54) is 19.2 Å². The molecular formula is C21H19BrFNO5. The maximum atomic E-state index is 15.9. The van der Waals surface area contributed by atoms with E-state index in [2.05, 4.69) is 20.7 Å². The number of methoxy groups -OCH3 is 1. The van der Waals surface area contributed by atoms with Gasteiger partial charge in [0.1, 0.15) is 6.10 Å². The molecule has 2 amide bonds. The van der Waals surface area contributed by atoms with Crippen molar-refractivity contribution in [3.05, 3.63) is 58.6 Å². The number of ether oxygens (including phenoxy) is 1. The van der Waals surface area contributed by atoms with Gasteiger partial charge in [0.2, 0.25) is 17.5 Å². The summed E-state index contributed by atoms with van der Waals surface area (Å²) in [7, 11) is 2.17. The first-order valence-electron chi connectivity index (χ1n) is 8.81. The second kappa shape index (κ2) is 8.04. The zero-order valence-electron chi connectivity index (χ0n) is 15.8. The average molecular weight is 464 g/mol. The molecule has 0 spiro atoms. The van der Waals surface area contributed by atoms with Gasteiger partial charge in [-0.1, -0.05) is 52.3 Å². The van der Waals surface area contributed by atoms with E-state index in [0.717, 1.165) is 27.6 Å². The molecule has 1 aliphatic heterocycles. The molecule has 1 N–H and O–H groups in total. The number of likely N-dealkylation sites (tertiary alicyclic amines) is 1. The fraction of sp³-hybridized carbons (Fsp3) is 0.286. The summed E-state index contributed by atoms with van der Waals surface area (Å²) >= 11 is 3.36. The summed E-state index contributed by atoms with van der Waals surface area (Å²) in [5, 5.41) is 10.7. The Labute approximate surface area is 175 Å². The summed E-state index contributed by atoms with van der Waals surface area (Å²) in [5.41, 5.74) is -1.27. The molecule has 3 rings (SSSR count). The molecule has 0 aromatic heterocycles. The van der Waals surface area contributed by atoms with Crippen molar-refractivity contribution in [2.24, 2.45) is 5.92 Å². The Morgan fingerprint density at radius 2 is 1.69 bits per heavy atom. The Morgan fingerprint density at radius 3 is 2.14 bits per heavy atom. The number of alkyl halides is 1. The summed E-state index contributed by atoms with van der Waals surface area (Å²) in [6.07, 6.45) is -2.50. The molecule has 1 unspecified atom stereocenters.